The molecule has 0 spiro atoms. The summed E-state index contributed by atoms with van der Waals surface area (Å²) in [6.45, 7) is 11.7. The Hall–Kier alpha value is -2.60. The third kappa shape index (κ3) is 14.2. The molecule has 0 fully saturated rings. The summed E-state index contributed by atoms with van der Waals surface area (Å²) in [5, 5.41) is 18.7. The highest BCUT2D eigenvalue weighted by molar-refractivity contribution is 5.90. The SMILES string of the molecule is CON(C)C(=O)[C@H](C)NC(=O)[C@H](C[C@@H](O)CCNC(=O)OC(C)(C)C)NC(=O)OC(C)(C)C. The maximum absolute atomic E-state index is 12.8. The van der Waals surface area contributed by atoms with Crippen LogP contribution in [0.15, 0.2) is 0 Å². The Labute approximate surface area is 195 Å². The van der Waals surface area contributed by atoms with Crippen molar-refractivity contribution in [3.63, 3.8) is 0 Å². The molecule has 0 bridgehead atoms. The van der Waals surface area contributed by atoms with Gasteiger partial charge in [0.1, 0.15) is 23.3 Å². The number of aliphatic hydroxyl groups excluding tert-OH is 1. The molecule has 0 radical (unpaired) electrons. The van der Waals surface area contributed by atoms with Crippen LogP contribution in [-0.4, -0.2) is 84.3 Å². The predicted octanol–water partition coefficient (Wildman–Crippen LogP) is 1.07. The van der Waals surface area contributed by atoms with Crippen molar-refractivity contribution in [1.29, 1.82) is 0 Å². The smallest absolute Gasteiger partial charge is 0.408 e. The Balaban J connectivity index is 5.08. The highest BCUT2D eigenvalue weighted by Crippen LogP contribution is 2.10. The summed E-state index contributed by atoms with van der Waals surface area (Å²) in [7, 11) is 2.70. The van der Waals surface area contributed by atoms with Gasteiger partial charge in [0.15, 0.2) is 0 Å². The molecule has 0 heterocycles. The van der Waals surface area contributed by atoms with Gasteiger partial charge < -0.3 is 30.5 Å². The number of carbonyl (C=O) groups is 4. The lowest BCUT2D eigenvalue weighted by Crippen LogP contribution is -2.54. The molecule has 0 saturated heterocycles. The van der Waals surface area contributed by atoms with E-state index in [9.17, 15) is 24.3 Å². The number of nitrogens with zero attached hydrogens (tertiary/aromatic N) is 1. The summed E-state index contributed by atoms with van der Waals surface area (Å²) >= 11 is 0. The average molecular weight is 477 g/mol. The van der Waals surface area contributed by atoms with Crippen molar-refractivity contribution in [2.45, 2.75) is 90.7 Å². The predicted molar refractivity (Wildman–Crippen MR) is 120 cm³/mol. The molecule has 3 atom stereocenters. The summed E-state index contributed by atoms with van der Waals surface area (Å²) in [4.78, 5) is 53.6. The summed E-state index contributed by atoms with van der Waals surface area (Å²) in [5.74, 6) is -1.20. The lowest BCUT2D eigenvalue weighted by Gasteiger charge is -2.26. The Morgan fingerprint density at radius 2 is 1.45 bits per heavy atom. The standard InChI is InChI=1S/C21H40N4O8/c1-13(17(28)25(8)31-9)23-16(27)15(24-19(30)33-21(5,6)7)12-14(26)10-11-22-18(29)32-20(2,3)4/h13-15,26H,10-12H2,1-9H3,(H,22,29)(H,23,27)(H,24,30)/t13-,14-,15-/m0/s1. The Kier molecular flexibility index (Phi) is 12.2. The topological polar surface area (TPSA) is 156 Å². The van der Waals surface area contributed by atoms with Crippen LogP contribution in [0.2, 0.25) is 0 Å². The van der Waals surface area contributed by atoms with Gasteiger partial charge in [0, 0.05) is 20.0 Å². The number of rotatable bonds is 10. The van der Waals surface area contributed by atoms with Crippen LogP contribution in [0, 0.1) is 0 Å². The van der Waals surface area contributed by atoms with Crippen LogP contribution in [0.25, 0.3) is 0 Å². The third-order valence-electron chi connectivity index (χ3n) is 3.97. The van der Waals surface area contributed by atoms with Crippen LogP contribution in [0.5, 0.6) is 0 Å². The van der Waals surface area contributed by atoms with Crippen LogP contribution in [0.3, 0.4) is 0 Å². The van der Waals surface area contributed by atoms with Crippen molar-refractivity contribution in [3.8, 4) is 0 Å². The van der Waals surface area contributed by atoms with Gasteiger partial charge in [0.05, 0.1) is 13.2 Å². The van der Waals surface area contributed by atoms with Crippen molar-refractivity contribution in [1.82, 2.24) is 21.0 Å². The number of nitrogens with one attached hydrogen (secondary N) is 3. The van der Waals surface area contributed by atoms with Gasteiger partial charge in [-0.25, -0.2) is 14.7 Å². The number of ether oxygens (including phenoxy) is 2. The zero-order chi connectivity index (χ0) is 26.0. The number of likely N-dealkylation sites (N-methyl/N-ethyl adjacent to an activating group) is 1. The molecule has 0 rings (SSSR count). The minimum Gasteiger partial charge on any atom is -0.444 e. The summed E-state index contributed by atoms with van der Waals surface area (Å²) < 4.78 is 10.3. The van der Waals surface area contributed by atoms with E-state index < -0.39 is 53.4 Å². The lowest BCUT2D eigenvalue weighted by molar-refractivity contribution is -0.171. The first kappa shape index (κ1) is 30.4. The molecule has 192 valence electrons. The fourth-order valence-electron chi connectivity index (χ4n) is 2.46. The van der Waals surface area contributed by atoms with Crippen molar-refractivity contribution >= 4 is 24.0 Å². The molecule has 0 saturated carbocycles. The zero-order valence-corrected chi connectivity index (χ0v) is 21.1. The van der Waals surface area contributed by atoms with E-state index in [1.807, 2.05) is 0 Å². The molecule has 12 nitrogen and oxygen atoms in total. The van der Waals surface area contributed by atoms with E-state index in [1.54, 1.807) is 41.5 Å². The Bertz CT molecular complexity index is 672. The number of hydrogen-bond donors (Lipinski definition) is 4. The molecule has 0 aliphatic rings. The molecular formula is C21H40N4O8. The normalized spacial score (nSPS) is 14.4. The molecule has 12 heteroatoms. The first-order valence-electron chi connectivity index (χ1n) is 10.7. The van der Waals surface area contributed by atoms with E-state index >= 15 is 0 Å². The van der Waals surface area contributed by atoms with Crippen LogP contribution < -0.4 is 16.0 Å². The van der Waals surface area contributed by atoms with Gasteiger partial charge in [-0.3, -0.25) is 14.4 Å². The average Bonchev–Trinajstić information content (AvgIpc) is 2.62. The van der Waals surface area contributed by atoms with E-state index in [4.69, 9.17) is 14.3 Å². The number of hydroxylamine groups is 2. The van der Waals surface area contributed by atoms with Gasteiger partial charge in [0.25, 0.3) is 5.91 Å². The highest BCUT2D eigenvalue weighted by Gasteiger charge is 2.29. The second-order valence-electron chi connectivity index (χ2n) is 9.55. The molecule has 33 heavy (non-hydrogen) atoms. The maximum Gasteiger partial charge on any atom is 0.408 e. The van der Waals surface area contributed by atoms with Crippen molar-refractivity contribution in [3.05, 3.63) is 0 Å². The highest BCUT2D eigenvalue weighted by atomic mass is 16.7. The molecule has 4 N–H and O–H groups in total. The molecule has 4 amide bonds. The van der Waals surface area contributed by atoms with Gasteiger partial charge in [-0.2, -0.15) is 0 Å². The number of amides is 4. The van der Waals surface area contributed by atoms with Crippen LogP contribution in [-0.2, 0) is 23.9 Å². The van der Waals surface area contributed by atoms with Gasteiger partial charge in [0.2, 0.25) is 5.91 Å². The summed E-state index contributed by atoms with van der Waals surface area (Å²) in [6, 6.07) is -2.14. The molecule has 0 unspecified atom stereocenters. The maximum atomic E-state index is 12.8. The minimum absolute atomic E-state index is 0.0877. The number of aliphatic hydroxyl groups is 1. The summed E-state index contributed by atoms with van der Waals surface area (Å²) in [6.07, 6.45) is -2.62. The van der Waals surface area contributed by atoms with Crippen molar-refractivity contribution < 1.29 is 38.6 Å². The second kappa shape index (κ2) is 13.2. The molecule has 0 aromatic heterocycles. The van der Waals surface area contributed by atoms with Gasteiger partial charge in [-0.05, 0) is 54.9 Å². The zero-order valence-electron chi connectivity index (χ0n) is 21.1. The Morgan fingerprint density at radius 3 is 1.94 bits per heavy atom. The summed E-state index contributed by atoms with van der Waals surface area (Å²) in [5.41, 5.74) is -1.46. The fraction of sp³-hybridized carbons (Fsp3) is 0.810. The fourth-order valence-corrected chi connectivity index (χ4v) is 2.46. The quantitative estimate of drug-likeness (QED) is 0.341. The number of carbonyl (C=O) groups excluding carboxylic acids is 4. The molecule has 0 aromatic carbocycles. The Morgan fingerprint density at radius 1 is 0.939 bits per heavy atom. The molecule has 0 aromatic rings. The monoisotopic (exact) mass is 476 g/mol. The first-order valence-corrected chi connectivity index (χ1v) is 10.7. The van der Waals surface area contributed by atoms with E-state index in [0.717, 1.165) is 5.06 Å². The second-order valence-corrected chi connectivity index (χ2v) is 9.55. The van der Waals surface area contributed by atoms with Crippen LogP contribution in [0.1, 0.15) is 61.3 Å². The molecular weight excluding hydrogens is 436 g/mol. The van der Waals surface area contributed by atoms with Gasteiger partial charge in [-0.15, -0.1) is 0 Å². The van der Waals surface area contributed by atoms with Gasteiger partial charge >= 0.3 is 12.2 Å². The molecule has 0 aliphatic carbocycles. The van der Waals surface area contributed by atoms with Crippen LogP contribution in [0.4, 0.5) is 9.59 Å². The van der Waals surface area contributed by atoms with Crippen molar-refractivity contribution in [2.24, 2.45) is 0 Å². The van der Waals surface area contributed by atoms with E-state index in [1.165, 1.54) is 21.1 Å². The van der Waals surface area contributed by atoms with E-state index in [0.29, 0.717) is 0 Å². The lowest BCUT2D eigenvalue weighted by atomic mass is 10.1. The largest absolute Gasteiger partial charge is 0.444 e. The number of alkyl carbamates (subject to hydrolysis) is 2. The van der Waals surface area contributed by atoms with Gasteiger partial charge in [-0.1, -0.05) is 0 Å². The van der Waals surface area contributed by atoms with E-state index in [-0.39, 0.29) is 19.4 Å². The number of hydrogen-bond acceptors (Lipinski definition) is 8. The van der Waals surface area contributed by atoms with Crippen LogP contribution >= 0.6 is 0 Å². The minimum atomic E-state index is -1.19. The van der Waals surface area contributed by atoms with Crippen molar-refractivity contribution in [2.75, 3.05) is 20.7 Å². The van der Waals surface area contributed by atoms with E-state index in [2.05, 4.69) is 16.0 Å². The third-order valence-corrected chi connectivity index (χ3v) is 3.97. The first-order chi connectivity index (χ1) is 14.9. The molecule has 0 aliphatic heterocycles.